The summed E-state index contributed by atoms with van der Waals surface area (Å²) in [4.78, 5) is 4.84. The van der Waals surface area contributed by atoms with E-state index in [0.717, 1.165) is 52.4 Å². The van der Waals surface area contributed by atoms with Gasteiger partial charge in [0.1, 0.15) is 0 Å². The Morgan fingerprint density at radius 2 is 1.00 bits per heavy atom. The number of rotatable bonds is 14. The minimum atomic E-state index is 0.0336. The molecular weight excluding hydrogens is 373 g/mol. The molecule has 0 aromatic carbocycles. The zero-order valence-corrected chi connectivity index (χ0v) is 19.7. The third-order valence-electron chi connectivity index (χ3n) is 3.92. The van der Waals surface area contributed by atoms with E-state index in [9.17, 15) is 0 Å². The quantitative estimate of drug-likeness (QED) is 0.393. The van der Waals surface area contributed by atoms with E-state index >= 15 is 0 Å². The van der Waals surface area contributed by atoms with Crippen molar-refractivity contribution in [3.05, 3.63) is 5.32 Å². The van der Waals surface area contributed by atoms with Crippen LogP contribution in [0.2, 0.25) is 8.35 Å². The summed E-state index contributed by atoms with van der Waals surface area (Å²) in [6, 6.07) is 0. The predicted molar refractivity (Wildman–Crippen MR) is 105 cm³/mol. The SMILES string of the molecule is CCN(CC)CC[N-]CCN(CC)CC.CC[CH2][In+][CH2]CC. The van der Waals surface area contributed by atoms with E-state index in [-0.39, 0.29) is 22.9 Å². The van der Waals surface area contributed by atoms with E-state index in [4.69, 9.17) is 0 Å². The second kappa shape index (κ2) is 21.8. The molecule has 132 valence electrons. The van der Waals surface area contributed by atoms with Crippen LogP contribution in [0.3, 0.4) is 0 Å². The molecule has 0 saturated heterocycles. The van der Waals surface area contributed by atoms with Crippen LogP contribution in [0.25, 0.3) is 5.32 Å². The first-order chi connectivity index (χ1) is 10.7. The Bertz CT molecular complexity index is 165. The van der Waals surface area contributed by atoms with Crippen molar-refractivity contribution in [2.24, 2.45) is 0 Å². The number of nitrogens with zero attached hydrogens (tertiary/aromatic N) is 3. The van der Waals surface area contributed by atoms with Crippen LogP contribution in [0.15, 0.2) is 0 Å². The molecule has 0 aliphatic carbocycles. The van der Waals surface area contributed by atoms with Gasteiger partial charge in [-0.2, -0.15) is 0 Å². The Hall–Kier alpha value is 0.750. The van der Waals surface area contributed by atoms with Crippen molar-refractivity contribution in [2.75, 3.05) is 52.4 Å². The molecule has 0 unspecified atom stereocenters. The van der Waals surface area contributed by atoms with Crippen molar-refractivity contribution in [1.29, 1.82) is 0 Å². The van der Waals surface area contributed by atoms with Crippen LogP contribution < -0.4 is 0 Å². The summed E-state index contributed by atoms with van der Waals surface area (Å²) in [5.74, 6) is 0. The molecule has 0 aromatic rings. The van der Waals surface area contributed by atoms with Gasteiger partial charge < -0.3 is 15.1 Å². The fourth-order valence-corrected chi connectivity index (χ4v) is 5.32. The van der Waals surface area contributed by atoms with Gasteiger partial charge in [-0.15, -0.1) is 13.1 Å². The minimum absolute atomic E-state index is 0.0336. The predicted octanol–water partition coefficient (Wildman–Crippen LogP) is 4.39. The van der Waals surface area contributed by atoms with Gasteiger partial charge in [0.25, 0.3) is 0 Å². The van der Waals surface area contributed by atoms with Gasteiger partial charge in [0.15, 0.2) is 0 Å². The van der Waals surface area contributed by atoms with Crippen molar-refractivity contribution in [3.63, 3.8) is 0 Å². The molecule has 0 rings (SSSR count). The van der Waals surface area contributed by atoms with Crippen molar-refractivity contribution in [2.45, 2.75) is 62.7 Å². The molecular formula is C18H42InN3. The average molecular weight is 415 g/mol. The second-order valence-corrected chi connectivity index (χ2v) is 10.5. The normalized spacial score (nSPS) is 10.5. The Labute approximate surface area is 153 Å². The van der Waals surface area contributed by atoms with Crippen LogP contribution in [-0.4, -0.2) is 85.1 Å². The Kier molecular flexibility index (Phi) is 24.7. The molecule has 0 amide bonds. The molecule has 0 heterocycles. The summed E-state index contributed by atoms with van der Waals surface area (Å²) in [5, 5.41) is 4.56. The van der Waals surface area contributed by atoms with Crippen LogP contribution in [0, 0.1) is 0 Å². The summed E-state index contributed by atoms with van der Waals surface area (Å²) in [6.07, 6.45) is 2.89. The number of hydrogen-bond acceptors (Lipinski definition) is 2. The van der Waals surface area contributed by atoms with Crippen molar-refractivity contribution in [1.82, 2.24) is 9.80 Å². The average Bonchev–Trinajstić information content (AvgIpc) is 2.56. The molecule has 0 aliphatic rings. The van der Waals surface area contributed by atoms with Gasteiger partial charge in [0, 0.05) is 0 Å². The monoisotopic (exact) mass is 415 g/mol. The Balaban J connectivity index is 0. The first kappa shape index (κ1) is 25.0. The maximum atomic E-state index is 4.56. The van der Waals surface area contributed by atoms with E-state index in [0.29, 0.717) is 0 Å². The summed E-state index contributed by atoms with van der Waals surface area (Å²) in [5.41, 5.74) is 0. The topological polar surface area (TPSA) is 20.6 Å². The third kappa shape index (κ3) is 18.8. The van der Waals surface area contributed by atoms with Gasteiger partial charge in [-0.05, 0) is 39.3 Å². The molecule has 0 fully saturated rings. The molecule has 0 aliphatic heterocycles. The van der Waals surface area contributed by atoms with Gasteiger partial charge in [-0.1, -0.05) is 27.7 Å². The van der Waals surface area contributed by atoms with E-state index in [1.54, 1.807) is 8.35 Å². The molecule has 0 spiro atoms. The van der Waals surface area contributed by atoms with Gasteiger partial charge in [0.2, 0.25) is 0 Å². The fourth-order valence-electron chi connectivity index (χ4n) is 2.17. The molecule has 0 saturated carbocycles. The molecule has 0 aromatic heterocycles. The number of likely N-dealkylation sites (N-methyl/N-ethyl adjacent to an activating group) is 2. The molecule has 0 atom stereocenters. The number of hydrogen-bond donors (Lipinski definition) is 0. The standard InChI is InChI=1S/C12H28N3.2C3H7.In/c1-5-14(6-2)11-9-13-10-12-15(7-3)8-4;2*1-3-2;/h5-12H2,1-4H3;2*1,3H2,2H3;/q-1;;;+1. The van der Waals surface area contributed by atoms with Crippen LogP contribution in [0.1, 0.15) is 54.4 Å². The van der Waals surface area contributed by atoms with Crippen molar-refractivity contribution < 1.29 is 0 Å². The Morgan fingerprint density at radius 3 is 1.27 bits per heavy atom. The van der Waals surface area contributed by atoms with E-state index in [2.05, 4.69) is 56.7 Å². The summed E-state index contributed by atoms with van der Waals surface area (Å²) >= 11 is 0.0336. The summed E-state index contributed by atoms with van der Waals surface area (Å²) in [6.45, 7) is 22.2. The third-order valence-corrected chi connectivity index (χ3v) is 9.55. The van der Waals surface area contributed by atoms with Gasteiger partial charge in [-0.3, -0.25) is 0 Å². The fraction of sp³-hybridized carbons (Fsp3) is 1.00. The first-order valence-corrected chi connectivity index (χ1v) is 14.2. The first-order valence-electron chi connectivity index (χ1n) is 9.59. The van der Waals surface area contributed by atoms with Crippen molar-refractivity contribution >= 4 is 22.9 Å². The van der Waals surface area contributed by atoms with E-state index in [1.807, 2.05) is 0 Å². The van der Waals surface area contributed by atoms with Crippen LogP contribution in [-0.2, 0) is 0 Å². The molecule has 22 heavy (non-hydrogen) atoms. The van der Waals surface area contributed by atoms with E-state index in [1.165, 1.54) is 12.8 Å². The van der Waals surface area contributed by atoms with Gasteiger partial charge in [0.05, 0.1) is 0 Å². The maximum absolute atomic E-state index is 4.56. The van der Waals surface area contributed by atoms with Crippen LogP contribution in [0.4, 0.5) is 0 Å². The zero-order valence-electron chi connectivity index (χ0n) is 16.4. The van der Waals surface area contributed by atoms with Crippen LogP contribution >= 0.6 is 0 Å². The van der Waals surface area contributed by atoms with Gasteiger partial charge >= 0.3 is 58.0 Å². The van der Waals surface area contributed by atoms with Crippen LogP contribution in [0.5, 0.6) is 0 Å². The van der Waals surface area contributed by atoms with Crippen molar-refractivity contribution in [3.8, 4) is 0 Å². The molecule has 4 heteroatoms. The molecule has 0 bridgehead atoms. The molecule has 0 radical (unpaired) electrons. The summed E-state index contributed by atoms with van der Waals surface area (Å²) in [7, 11) is 0. The molecule has 0 N–H and O–H groups in total. The molecule has 3 nitrogen and oxygen atoms in total. The van der Waals surface area contributed by atoms with E-state index < -0.39 is 0 Å². The second-order valence-electron chi connectivity index (χ2n) is 5.59. The zero-order chi connectivity index (χ0) is 17.1. The Morgan fingerprint density at radius 1 is 0.636 bits per heavy atom. The van der Waals surface area contributed by atoms with Gasteiger partial charge in [-0.25, -0.2) is 0 Å². The summed E-state index contributed by atoms with van der Waals surface area (Å²) < 4.78 is 3.23.